The van der Waals surface area contributed by atoms with Crippen molar-refractivity contribution in [1.82, 2.24) is 5.32 Å². The number of benzene rings is 3. The number of hydrogen-bond acceptors (Lipinski definition) is 4. The summed E-state index contributed by atoms with van der Waals surface area (Å²) in [6.07, 6.45) is 0. The first-order chi connectivity index (χ1) is 15.8. The van der Waals surface area contributed by atoms with E-state index in [0.29, 0.717) is 32.4 Å². The number of thiocarbonyl (C=S) groups is 1. The second-order valence-electron chi connectivity index (χ2n) is 6.82. The number of halogens is 3. The molecule has 0 saturated carbocycles. The van der Waals surface area contributed by atoms with Crippen LogP contribution in [0.3, 0.4) is 0 Å². The first-order valence-electron chi connectivity index (χ1n) is 9.88. The van der Waals surface area contributed by atoms with Crippen LogP contribution in [0.1, 0.15) is 33.2 Å². The van der Waals surface area contributed by atoms with Crippen molar-refractivity contribution in [1.29, 1.82) is 0 Å². The number of hydrogen-bond donors (Lipinski definition) is 1. The summed E-state index contributed by atoms with van der Waals surface area (Å²) >= 11 is 21.7. The molecule has 0 spiro atoms. The Hall–Kier alpha value is -2.45. The van der Waals surface area contributed by atoms with Gasteiger partial charge < -0.3 is 9.64 Å². The Bertz CT molecular complexity index is 1150. The summed E-state index contributed by atoms with van der Waals surface area (Å²) in [6.45, 7) is 2.23. The maximum absolute atomic E-state index is 12.7. The SMILES string of the molecule is CCOC(=O)c1ccc(N(Cc2c(Cl)cccc2Cl)C(=S)NC(=O)c2ccc(Br)cc2)cc1. The summed E-state index contributed by atoms with van der Waals surface area (Å²) in [5, 5.41) is 3.85. The Morgan fingerprint density at radius 1 is 0.970 bits per heavy atom. The van der Waals surface area contributed by atoms with E-state index in [-0.39, 0.29) is 24.2 Å². The normalized spacial score (nSPS) is 10.4. The molecule has 0 atom stereocenters. The van der Waals surface area contributed by atoms with Gasteiger partial charge in [0.1, 0.15) is 0 Å². The lowest BCUT2D eigenvalue weighted by atomic mass is 10.1. The number of esters is 1. The molecular formula is C24H19BrCl2N2O3S. The van der Waals surface area contributed by atoms with E-state index in [1.807, 2.05) is 0 Å². The van der Waals surface area contributed by atoms with Crippen molar-refractivity contribution < 1.29 is 14.3 Å². The van der Waals surface area contributed by atoms with Gasteiger partial charge in [0.05, 0.1) is 18.7 Å². The highest BCUT2D eigenvalue weighted by Crippen LogP contribution is 2.28. The summed E-state index contributed by atoms with van der Waals surface area (Å²) in [7, 11) is 0. The van der Waals surface area contributed by atoms with E-state index in [9.17, 15) is 9.59 Å². The van der Waals surface area contributed by atoms with Crippen LogP contribution >= 0.6 is 51.3 Å². The summed E-state index contributed by atoms with van der Waals surface area (Å²) < 4.78 is 5.90. The summed E-state index contributed by atoms with van der Waals surface area (Å²) in [6, 6.07) is 18.8. The molecule has 170 valence electrons. The molecule has 3 aromatic carbocycles. The van der Waals surface area contributed by atoms with Crippen molar-refractivity contribution >= 4 is 74.0 Å². The zero-order valence-electron chi connectivity index (χ0n) is 17.5. The van der Waals surface area contributed by atoms with Gasteiger partial charge in [0.15, 0.2) is 5.11 Å². The zero-order chi connectivity index (χ0) is 24.0. The van der Waals surface area contributed by atoms with Gasteiger partial charge in [-0.2, -0.15) is 0 Å². The smallest absolute Gasteiger partial charge is 0.338 e. The molecule has 1 N–H and O–H groups in total. The molecule has 9 heteroatoms. The molecule has 0 aliphatic rings. The minimum Gasteiger partial charge on any atom is -0.462 e. The van der Waals surface area contributed by atoms with Gasteiger partial charge in [-0.25, -0.2) is 4.79 Å². The molecule has 0 bridgehead atoms. The van der Waals surface area contributed by atoms with Gasteiger partial charge >= 0.3 is 5.97 Å². The fraction of sp³-hybridized carbons (Fsp3) is 0.125. The standard InChI is InChI=1S/C24H19BrCl2N2O3S/c1-2-32-23(31)16-8-12-18(13-9-16)29(14-19-20(26)4-3-5-21(19)27)24(33)28-22(30)15-6-10-17(25)11-7-15/h3-13H,2,14H2,1H3,(H,28,30,33). The van der Waals surface area contributed by atoms with Crippen LogP contribution in [0.2, 0.25) is 10.0 Å². The Labute approximate surface area is 215 Å². The molecule has 0 aromatic heterocycles. The van der Waals surface area contributed by atoms with Crippen molar-refractivity contribution in [2.75, 3.05) is 11.5 Å². The van der Waals surface area contributed by atoms with Gasteiger partial charge in [-0.3, -0.25) is 10.1 Å². The van der Waals surface area contributed by atoms with Crippen LogP contribution in [0.15, 0.2) is 71.2 Å². The fourth-order valence-electron chi connectivity index (χ4n) is 2.95. The van der Waals surface area contributed by atoms with Crippen LogP contribution in [-0.2, 0) is 11.3 Å². The third kappa shape index (κ3) is 6.54. The van der Waals surface area contributed by atoms with Crippen molar-refractivity contribution in [2.24, 2.45) is 0 Å². The van der Waals surface area contributed by atoms with E-state index < -0.39 is 5.97 Å². The Morgan fingerprint density at radius 3 is 2.12 bits per heavy atom. The molecule has 3 rings (SSSR count). The highest BCUT2D eigenvalue weighted by atomic mass is 79.9. The van der Waals surface area contributed by atoms with Crippen molar-refractivity contribution in [3.63, 3.8) is 0 Å². The average molecular weight is 566 g/mol. The second kappa shape index (κ2) is 11.6. The molecule has 0 heterocycles. The van der Waals surface area contributed by atoms with Crippen molar-refractivity contribution in [3.05, 3.63) is 97.9 Å². The van der Waals surface area contributed by atoms with E-state index in [4.69, 9.17) is 40.2 Å². The van der Waals surface area contributed by atoms with E-state index in [0.717, 1.165) is 4.47 Å². The first-order valence-corrected chi connectivity index (χ1v) is 11.8. The quantitative estimate of drug-likeness (QED) is 0.268. The largest absolute Gasteiger partial charge is 0.462 e. The van der Waals surface area contributed by atoms with Crippen LogP contribution in [0, 0.1) is 0 Å². The number of ether oxygens (including phenoxy) is 1. The molecule has 3 aromatic rings. The summed E-state index contributed by atoms with van der Waals surface area (Å²) in [4.78, 5) is 26.4. The lowest BCUT2D eigenvalue weighted by molar-refractivity contribution is 0.0526. The first kappa shape index (κ1) is 25.2. The van der Waals surface area contributed by atoms with E-state index in [2.05, 4.69) is 21.2 Å². The Morgan fingerprint density at radius 2 is 1.55 bits per heavy atom. The number of carbonyl (C=O) groups is 2. The molecule has 0 saturated heterocycles. The van der Waals surface area contributed by atoms with E-state index in [1.165, 1.54) is 0 Å². The monoisotopic (exact) mass is 564 g/mol. The lowest BCUT2D eigenvalue weighted by Crippen LogP contribution is -2.42. The van der Waals surface area contributed by atoms with Gasteiger partial charge in [0.25, 0.3) is 5.91 Å². The molecule has 5 nitrogen and oxygen atoms in total. The zero-order valence-corrected chi connectivity index (χ0v) is 21.4. The number of carbonyl (C=O) groups excluding carboxylic acids is 2. The van der Waals surface area contributed by atoms with Gasteiger partial charge in [0.2, 0.25) is 0 Å². The predicted molar refractivity (Wildman–Crippen MR) is 139 cm³/mol. The molecule has 1 amide bonds. The van der Waals surface area contributed by atoms with E-state index in [1.54, 1.807) is 78.6 Å². The Balaban J connectivity index is 1.91. The van der Waals surface area contributed by atoms with Gasteiger partial charge in [0, 0.05) is 31.3 Å². The number of anilines is 1. The van der Waals surface area contributed by atoms with Crippen LogP contribution in [0.5, 0.6) is 0 Å². The van der Waals surface area contributed by atoms with Crippen LogP contribution < -0.4 is 10.2 Å². The maximum Gasteiger partial charge on any atom is 0.338 e. The third-order valence-corrected chi connectivity index (χ3v) is 6.20. The number of amides is 1. The lowest BCUT2D eigenvalue weighted by Gasteiger charge is -2.26. The number of rotatable bonds is 6. The van der Waals surface area contributed by atoms with Crippen LogP contribution in [-0.4, -0.2) is 23.6 Å². The summed E-state index contributed by atoms with van der Waals surface area (Å²) in [5.41, 5.74) is 2.14. The third-order valence-electron chi connectivity index (χ3n) is 4.64. The van der Waals surface area contributed by atoms with Gasteiger partial charge in [-0.05, 0) is 79.8 Å². The van der Waals surface area contributed by atoms with Gasteiger partial charge in [-0.15, -0.1) is 0 Å². The van der Waals surface area contributed by atoms with Crippen molar-refractivity contribution in [2.45, 2.75) is 13.5 Å². The molecule has 0 radical (unpaired) electrons. The van der Waals surface area contributed by atoms with Crippen LogP contribution in [0.4, 0.5) is 5.69 Å². The van der Waals surface area contributed by atoms with Crippen molar-refractivity contribution in [3.8, 4) is 0 Å². The molecule has 0 fully saturated rings. The minimum atomic E-state index is -0.420. The fourth-order valence-corrected chi connectivity index (χ4v) is 4.00. The molecule has 33 heavy (non-hydrogen) atoms. The summed E-state index contributed by atoms with van der Waals surface area (Å²) in [5.74, 6) is -0.776. The highest BCUT2D eigenvalue weighted by Gasteiger charge is 2.20. The topological polar surface area (TPSA) is 58.6 Å². The Kier molecular flexibility index (Phi) is 8.86. The molecule has 0 aliphatic heterocycles. The molecular weight excluding hydrogens is 547 g/mol. The number of nitrogens with zero attached hydrogens (tertiary/aromatic N) is 1. The number of nitrogens with one attached hydrogen (secondary N) is 1. The highest BCUT2D eigenvalue weighted by molar-refractivity contribution is 9.10. The average Bonchev–Trinajstić information content (AvgIpc) is 2.79. The molecule has 0 aliphatic carbocycles. The van der Waals surface area contributed by atoms with Crippen LogP contribution in [0.25, 0.3) is 0 Å². The van der Waals surface area contributed by atoms with Gasteiger partial charge in [-0.1, -0.05) is 45.2 Å². The minimum absolute atomic E-state index is 0.155. The second-order valence-corrected chi connectivity index (χ2v) is 8.94. The predicted octanol–water partition coefficient (Wildman–Crippen LogP) is 6.65. The molecule has 0 unspecified atom stereocenters. The maximum atomic E-state index is 12.7. The van der Waals surface area contributed by atoms with E-state index >= 15 is 0 Å².